The Bertz CT molecular complexity index is 1340. The van der Waals surface area contributed by atoms with Crippen molar-refractivity contribution in [3.8, 4) is 11.3 Å². The zero-order valence-electron chi connectivity index (χ0n) is 16.3. The molecule has 10 heteroatoms. The first-order chi connectivity index (χ1) is 14.3. The van der Waals surface area contributed by atoms with E-state index in [0.29, 0.717) is 16.2 Å². The van der Waals surface area contributed by atoms with Crippen LogP contribution in [0.5, 0.6) is 0 Å². The second-order valence-electron chi connectivity index (χ2n) is 6.83. The molecule has 0 aliphatic carbocycles. The summed E-state index contributed by atoms with van der Waals surface area (Å²) in [5.74, 6) is -0.223. The molecular formula is C20H23N5O3S2. The standard InChI is InChI=1S/C20H19N5O3S2.2H2/c1-25(2)30(27,28)15-6-3-5-13(9-15)10-17(26)22-18-11-14(12-29-18)19-16-7-4-8-21-20(16)24-23-19;;/h3-9,11-12H,10H2,1-2H3,(H,22,26)(H,21,23,24);2*1H. The van der Waals surface area contributed by atoms with E-state index in [1.807, 2.05) is 23.6 Å². The number of fused-ring (bicyclic) bond motifs is 1. The molecule has 0 bridgehead atoms. The van der Waals surface area contributed by atoms with Crippen molar-refractivity contribution in [2.45, 2.75) is 11.3 Å². The van der Waals surface area contributed by atoms with Crippen LogP contribution in [0.4, 0.5) is 5.00 Å². The van der Waals surface area contributed by atoms with E-state index in [1.54, 1.807) is 18.3 Å². The molecule has 0 radical (unpaired) electrons. The molecule has 0 atom stereocenters. The van der Waals surface area contributed by atoms with E-state index in [2.05, 4.69) is 20.5 Å². The van der Waals surface area contributed by atoms with Crippen LogP contribution >= 0.6 is 11.3 Å². The number of anilines is 1. The van der Waals surface area contributed by atoms with Crippen LogP contribution in [-0.4, -0.2) is 47.9 Å². The molecule has 4 rings (SSSR count). The third kappa shape index (κ3) is 3.97. The Morgan fingerprint density at radius 1 is 1.23 bits per heavy atom. The number of thiophene rings is 1. The molecule has 30 heavy (non-hydrogen) atoms. The number of rotatable bonds is 6. The molecule has 0 aliphatic heterocycles. The summed E-state index contributed by atoms with van der Waals surface area (Å²) in [6, 6.07) is 12.1. The zero-order valence-corrected chi connectivity index (χ0v) is 17.9. The van der Waals surface area contributed by atoms with Crippen LogP contribution in [0, 0.1) is 0 Å². The first kappa shape index (κ1) is 20.2. The number of H-pyrrole nitrogens is 1. The van der Waals surface area contributed by atoms with Gasteiger partial charge in [-0.25, -0.2) is 17.7 Å². The average molecular weight is 446 g/mol. The Balaban J connectivity index is 0.00000181. The second kappa shape index (κ2) is 7.98. The summed E-state index contributed by atoms with van der Waals surface area (Å²) in [5, 5.41) is 13.6. The number of aromatic nitrogens is 3. The molecule has 0 unspecified atom stereocenters. The molecule has 1 aromatic carbocycles. The number of aromatic amines is 1. The highest BCUT2D eigenvalue weighted by Gasteiger charge is 2.18. The number of carbonyl (C=O) groups is 1. The van der Waals surface area contributed by atoms with Crippen molar-refractivity contribution < 1.29 is 16.1 Å². The molecule has 3 aromatic heterocycles. The summed E-state index contributed by atoms with van der Waals surface area (Å²) in [5.41, 5.74) is 3.01. The van der Waals surface area contributed by atoms with Crippen LogP contribution in [0.2, 0.25) is 0 Å². The molecule has 4 aromatic rings. The van der Waals surface area contributed by atoms with E-state index < -0.39 is 10.0 Å². The highest BCUT2D eigenvalue weighted by atomic mass is 32.2. The number of benzene rings is 1. The van der Waals surface area contributed by atoms with Crippen LogP contribution in [0.15, 0.2) is 58.9 Å². The fraction of sp³-hybridized carbons (Fsp3) is 0.150. The summed E-state index contributed by atoms with van der Waals surface area (Å²) in [4.78, 5) is 16.9. The maximum absolute atomic E-state index is 12.5. The normalized spacial score (nSPS) is 11.8. The SMILES string of the molecule is CN(C)S(=O)(=O)c1cccc(CC(=O)Nc2cc(-c3[nH]nc4ncccc34)cs2)c1.[HH].[HH]. The third-order valence-corrected chi connectivity index (χ3v) is 7.18. The Labute approximate surface area is 180 Å². The van der Waals surface area contributed by atoms with Gasteiger partial charge in [-0.05, 0) is 35.9 Å². The van der Waals surface area contributed by atoms with Gasteiger partial charge in [0.15, 0.2) is 5.65 Å². The lowest BCUT2D eigenvalue weighted by Crippen LogP contribution is -2.22. The summed E-state index contributed by atoms with van der Waals surface area (Å²) >= 11 is 1.40. The molecule has 0 fully saturated rings. The van der Waals surface area contributed by atoms with E-state index >= 15 is 0 Å². The predicted octanol–water partition coefficient (Wildman–Crippen LogP) is 3.61. The first-order valence-corrected chi connectivity index (χ1v) is 11.4. The molecule has 0 saturated heterocycles. The van der Waals surface area contributed by atoms with Crippen LogP contribution in [0.3, 0.4) is 0 Å². The van der Waals surface area contributed by atoms with Gasteiger partial charge < -0.3 is 5.32 Å². The van der Waals surface area contributed by atoms with Crippen molar-refractivity contribution in [3.05, 3.63) is 59.6 Å². The lowest BCUT2D eigenvalue weighted by Gasteiger charge is -2.12. The predicted molar refractivity (Wildman–Crippen MR) is 121 cm³/mol. The summed E-state index contributed by atoms with van der Waals surface area (Å²) in [7, 11) is -0.596. The second-order valence-corrected chi connectivity index (χ2v) is 9.90. The minimum atomic E-state index is -3.54. The fourth-order valence-electron chi connectivity index (χ4n) is 3.00. The third-order valence-electron chi connectivity index (χ3n) is 4.52. The number of amides is 1. The van der Waals surface area contributed by atoms with Crippen molar-refractivity contribution >= 4 is 43.3 Å². The van der Waals surface area contributed by atoms with Crippen LogP contribution in [-0.2, 0) is 21.2 Å². The minimum Gasteiger partial charge on any atom is -0.317 e. The molecule has 1 amide bonds. The molecular weight excluding hydrogens is 422 g/mol. The largest absolute Gasteiger partial charge is 0.317 e. The Morgan fingerprint density at radius 2 is 2.07 bits per heavy atom. The molecule has 0 saturated carbocycles. The summed E-state index contributed by atoms with van der Waals surface area (Å²) in [6.45, 7) is 0. The molecule has 0 aliphatic rings. The van der Waals surface area contributed by atoms with Crippen molar-refractivity contribution in [1.29, 1.82) is 0 Å². The van der Waals surface area contributed by atoms with Gasteiger partial charge in [0.05, 0.1) is 22.0 Å². The first-order valence-electron chi connectivity index (χ1n) is 9.04. The van der Waals surface area contributed by atoms with Gasteiger partial charge in [-0.3, -0.25) is 9.89 Å². The highest BCUT2D eigenvalue weighted by Crippen LogP contribution is 2.31. The van der Waals surface area contributed by atoms with E-state index in [1.165, 1.54) is 37.6 Å². The highest BCUT2D eigenvalue weighted by molar-refractivity contribution is 7.89. The molecule has 0 spiro atoms. The fourth-order valence-corrected chi connectivity index (χ4v) is 4.78. The van der Waals surface area contributed by atoms with Gasteiger partial charge in [0.25, 0.3) is 0 Å². The van der Waals surface area contributed by atoms with Gasteiger partial charge in [-0.2, -0.15) is 5.10 Å². The van der Waals surface area contributed by atoms with Gasteiger partial charge in [-0.15, -0.1) is 11.3 Å². The summed E-state index contributed by atoms with van der Waals surface area (Å²) < 4.78 is 25.7. The number of carbonyl (C=O) groups excluding carboxylic acids is 1. The Hall–Kier alpha value is -3.08. The Morgan fingerprint density at radius 3 is 2.87 bits per heavy atom. The number of sulfonamides is 1. The maximum atomic E-state index is 12.5. The molecule has 2 N–H and O–H groups in total. The lowest BCUT2D eigenvalue weighted by molar-refractivity contribution is -0.115. The Kier molecular flexibility index (Phi) is 5.37. The lowest BCUT2D eigenvalue weighted by atomic mass is 10.1. The van der Waals surface area contributed by atoms with E-state index in [0.717, 1.165) is 20.9 Å². The van der Waals surface area contributed by atoms with Gasteiger partial charge in [-0.1, -0.05) is 12.1 Å². The van der Waals surface area contributed by atoms with Gasteiger partial charge in [0, 0.05) is 39.5 Å². The van der Waals surface area contributed by atoms with Crippen LogP contribution in [0.25, 0.3) is 22.3 Å². The quantitative estimate of drug-likeness (QED) is 0.471. The van der Waals surface area contributed by atoms with E-state index in [9.17, 15) is 13.2 Å². The van der Waals surface area contributed by atoms with Crippen molar-refractivity contribution in [1.82, 2.24) is 19.5 Å². The summed E-state index contributed by atoms with van der Waals surface area (Å²) in [6.07, 6.45) is 1.76. The van der Waals surface area contributed by atoms with Crippen molar-refractivity contribution in [3.63, 3.8) is 0 Å². The molecule has 8 nitrogen and oxygen atoms in total. The number of hydrogen-bond donors (Lipinski definition) is 2. The number of nitrogens with one attached hydrogen (secondary N) is 2. The van der Waals surface area contributed by atoms with Crippen molar-refractivity contribution in [2.75, 3.05) is 19.4 Å². The monoisotopic (exact) mass is 445 g/mol. The van der Waals surface area contributed by atoms with Gasteiger partial charge in [0.2, 0.25) is 15.9 Å². The smallest absolute Gasteiger partial charge is 0.242 e. The minimum absolute atomic E-state index is 0. The molecule has 3 heterocycles. The van der Waals surface area contributed by atoms with Crippen molar-refractivity contribution in [2.24, 2.45) is 0 Å². The topological polar surface area (TPSA) is 108 Å². The molecule has 158 valence electrons. The van der Waals surface area contributed by atoms with Gasteiger partial charge in [0.1, 0.15) is 0 Å². The number of hydrogen-bond acceptors (Lipinski definition) is 6. The number of nitrogens with zero attached hydrogens (tertiary/aromatic N) is 3. The van der Waals surface area contributed by atoms with Crippen LogP contribution < -0.4 is 5.32 Å². The van der Waals surface area contributed by atoms with E-state index in [4.69, 9.17) is 0 Å². The van der Waals surface area contributed by atoms with Crippen LogP contribution in [0.1, 0.15) is 8.42 Å². The average Bonchev–Trinajstić information content (AvgIpc) is 3.34. The van der Waals surface area contributed by atoms with Gasteiger partial charge >= 0.3 is 0 Å². The zero-order chi connectivity index (χ0) is 21.3. The number of pyridine rings is 1. The maximum Gasteiger partial charge on any atom is 0.242 e. The van der Waals surface area contributed by atoms with E-state index in [-0.39, 0.29) is 20.1 Å².